The van der Waals surface area contributed by atoms with Crippen molar-refractivity contribution >= 4 is 48.4 Å². The number of phenols is 2. The summed E-state index contributed by atoms with van der Waals surface area (Å²) >= 11 is 0. The van der Waals surface area contributed by atoms with Gasteiger partial charge in [0.1, 0.15) is 57.2 Å². The second kappa shape index (κ2) is 58.7. The van der Waals surface area contributed by atoms with Gasteiger partial charge in [-0.25, -0.2) is 9.59 Å². The molecule has 0 bridgehead atoms. The normalized spacial score (nSPS) is 14.9. The van der Waals surface area contributed by atoms with Crippen LogP contribution in [0.4, 0.5) is 0 Å². The first kappa shape index (κ1) is 112. The number of carbonyl (C=O) groups is 6. The first-order valence-electron chi connectivity index (χ1n) is 48.1. The van der Waals surface area contributed by atoms with Crippen molar-refractivity contribution in [2.24, 2.45) is 34.4 Å². The van der Waals surface area contributed by atoms with Gasteiger partial charge in [-0.3, -0.25) is 44.1 Å². The number of aromatic hydroxyl groups is 2. The predicted molar refractivity (Wildman–Crippen MR) is 560 cm³/mol. The number of nitrogens with two attached hydrogens (primary N) is 1. The predicted octanol–water partition coefficient (Wildman–Crippen LogP) is 20.7. The molecule has 2 fully saturated rings. The number of ether oxygens (including phenoxy) is 12. The standard InChI is InChI=1S/C25H31NO3.C18H25NO3.C17H17NO2.C16H15NO4.C16H19NO2.C15H14O3.C8H8O3.C2H2O4/c1-17(2)11-20-15-26-10-9-19-12-25(29-16-18-7-5-4-6-8-18)24(28-3)13-21(19)22(26)14-23(20)27;1-11(2)6-13-10-19-5-4-12-7-17(21)18(22-3)8-14(12)15(19)9-16(13)20;1-19-16-10-15-11-18-8-7-14(15)9-17(16)20-12-13-5-3-2-4-6-13;1-20-15-8-7-13(9-10-17(18)19)11-16(15)21-12-14-5-3-2-4-6-14;1-18-15-8-7-13(9-10-17)11-16(15)19-12-14-5-3-2-4-6-14;1-17-14-8-7-13(10-16)9-15(14)18-11-12-5-3-2-4-6-12;1-11-8-3-2-6(5-9)4-7(8)10;3-1(4)2(5)6/h4-8,12-13,17,20,22H,9-11,14-16H2,1-3H3;7-8,11,13,15,21H,4-6,9-10H2,1-3H3;2-6,9-11H,7-8,12H2,1H3;2-11H,12H2,1H3;2-8,11H,9-10,12,17H2,1H3;2-10H,11H2,1H3;2-5,10H,1H3;(H,3,4)(H,5,6)/b;;;10-9+;;;;. The highest BCUT2D eigenvalue weighted by Gasteiger charge is 2.41. The fourth-order valence-corrected chi connectivity index (χ4v) is 17.0. The molecule has 4 unspecified atom stereocenters. The minimum Gasteiger partial charge on any atom is -0.504 e. The molecule has 0 amide bonds. The van der Waals surface area contributed by atoms with Crippen LogP contribution in [0.1, 0.15) is 159 Å². The highest BCUT2D eigenvalue weighted by Crippen LogP contribution is 2.46. The van der Waals surface area contributed by atoms with Crippen LogP contribution in [0.5, 0.6) is 80.5 Å². The van der Waals surface area contributed by atoms with Crippen molar-refractivity contribution in [1.82, 2.24) is 9.80 Å². The number of ketones is 2. The van der Waals surface area contributed by atoms with Gasteiger partial charge in [-0.05, 0) is 226 Å². The molecule has 29 heteroatoms. The Bertz CT molecular complexity index is 6260. The number of hydrogen-bond acceptors (Lipinski definition) is 26. The lowest BCUT2D eigenvalue weighted by molar-refractivity contribution is -0.400. The number of aliphatic imine (C=N–C) groups is 1. The Labute approximate surface area is 853 Å². The topological polar surface area (TPSA) is 382 Å². The number of nitro groups is 1. The molecule has 4 atom stereocenters. The fraction of sp³-hybridized carbons (Fsp3) is 0.308. The van der Waals surface area contributed by atoms with E-state index in [1.54, 1.807) is 97.3 Å². The van der Waals surface area contributed by atoms with Gasteiger partial charge in [-0.2, -0.15) is 0 Å². The van der Waals surface area contributed by atoms with E-state index in [1.807, 2.05) is 164 Å². The van der Waals surface area contributed by atoms with E-state index < -0.39 is 16.9 Å². The zero-order valence-corrected chi connectivity index (χ0v) is 84.4. The van der Waals surface area contributed by atoms with Gasteiger partial charge in [0.25, 0.3) is 0 Å². The lowest BCUT2D eigenvalue weighted by Gasteiger charge is -2.43. The van der Waals surface area contributed by atoms with Gasteiger partial charge < -0.3 is 83.0 Å². The summed E-state index contributed by atoms with van der Waals surface area (Å²) in [7, 11) is 11.1. The number of carboxylic acids is 2. The number of fused-ring (bicyclic) bond motifs is 7. The Morgan fingerprint density at radius 1 is 0.411 bits per heavy atom. The number of nitrogens with zero attached hydrogens (tertiary/aromatic N) is 4. The molecule has 146 heavy (non-hydrogen) atoms. The number of hydrogen-bond donors (Lipinski definition) is 5. The number of carboxylic acid groups (broad SMARTS) is 2. The van der Waals surface area contributed by atoms with Crippen molar-refractivity contribution in [1.29, 1.82) is 0 Å². The summed E-state index contributed by atoms with van der Waals surface area (Å²) in [5.41, 5.74) is 21.1. The minimum absolute atomic E-state index is 0.0166. The summed E-state index contributed by atoms with van der Waals surface area (Å²) in [6, 6.07) is 82.9. The van der Waals surface area contributed by atoms with Crippen molar-refractivity contribution in [3.63, 3.8) is 0 Å². The summed E-state index contributed by atoms with van der Waals surface area (Å²) in [4.78, 5) is 83.5. The second-order valence-electron chi connectivity index (χ2n) is 35.5. The van der Waals surface area contributed by atoms with Crippen molar-refractivity contribution in [2.45, 2.75) is 124 Å². The van der Waals surface area contributed by atoms with E-state index in [1.165, 1.54) is 35.9 Å². The first-order valence-corrected chi connectivity index (χ1v) is 48.1. The third kappa shape index (κ3) is 34.8. The second-order valence-corrected chi connectivity index (χ2v) is 35.5. The van der Waals surface area contributed by atoms with Crippen LogP contribution in [0.15, 0.2) is 272 Å². The number of methoxy groups -OCH3 is 7. The molecule has 5 aliphatic heterocycles. The van der Waals surface area contributed by atoms with Crippen LogP contribution in [0.25, 0.3) is 6.08 Å². The molecular formula is C117H131N5O24. The number of aldehydes is 2. The number of aliphatic carboxylic acids is 2. The van der Waals surface area contributed by atoms with Crippen molar-refractivity contribution in [3.8, 4) is 80.5 Å². The lowest BCUT2D eigenvalue weighted by atomic mass is 9.80. The molecule has 0 spiro atoms. The van der Waals surface area contributed by atoms with Crippen LogP contribution in [0.2, 0.25) is 0 Å². The number of Topliss-reactive ketones (excluding diaryl/α,β-unsaturated/α-hetero) is 2. The van der Waals surface area contributed by atoms with Crippen LogP contribution in [0, 0.1) is 33.8 Å². The molecule has 2 saturated heterocycles. The summed E-state index contributed by atoms with van der Waals surface area (Å²) in [6.45, 7) is 16.4. The number of carbonyl (C=O) groups excluding carboxylic acids is 4. The largest absolute Gasteiger partial charge is 0.504 e. The molecule has 768 valence electrons. The van der Waals surface area contributed by atoms with E-state index >= 15 is 0 Å². The Kier molecular flexibility index (Phi) is 45.0. The quantitative estimate of drug-likeness (QED) is 0.0113. The number of piperidine rings is 2. The molecule has 29 nitrogen and oxygen atoms in total. The monoisotopic (exact) mass is 1990 g/mol. The molecule has 12 aromatic rings. The van der Waals surface area contributed by atoms with Gasteiger partial charge in [-0.1, -0.05) is 191 Å². The Morgan fingerprint density at radius 2 is 0.760 bits per heavy atom. The third-order valence-corrected chi connectivity index (χ3v) is 24.4. The zero-order chi connectivity index (χ0) is 105. The number of phenolic OH excluding ortho intramolecular Hbond substituents is 2. The average molecular weight is 1990 g/mol. The van der Waals surface area contributed by atoms with E-state index in [-0.39, 0.29) is 35.4 Å². The molecule has 6 N–H and O–H groups in total. The lowest BCUT2D eigenvalue weighted by Crippen LogP contribution is -2.46. The maximum Gasteiger partial charge on any atom is 0.414 e. The Hall–Kier alpha value is -15.9. The van der Waals surface area contributed by atoms with E-state index in [0.29, 0.717) is 133 Å². The molecule has 5 aliphatic rings. The molecule has 5 heterocycles. The van der Waals surface area contributed by atoms with Crippen molar-refractivity contribution in [2.75, 3.05) is 89.0 Å². The van der Waals surface area contributed by atoms with E-state index in [0.717, 1.165) is 168 Å². The molecular weight excluding hydrogens is 1860 g/mol. The highest BCUT2D eigenvalue weighted by atomic mass is 16.6. The van der Waals surface area contributed by atoms with Crippen molar-refractivity contribution < 1.29 is 111 Å². The van der Waals surface area contributed by atoms with Gasteiger partial charge in [-0.15, -0.1) is 0 Å². The number of rotatable bonds is 32. The fourth-order valence-electron chi connectivity index (χ4n) is 17.0. The first-order chi connectivity index (χ1) is 70.7. The van der Waals surface area contributed by atoms with E-state index in [2.05, 4.69) is 85.0 Å². The minimum atomic E-state index is -1.82. The van der Waals surface area contributed by atoms with Crippen molar-refractivity contribution in [3.05, 3.63) is 361 Å². The summed E-state index contributed by atoms with van der Waals surface area (Å²) in [5, 5.41) is 44.2. The summed E-state index contributed by atoms with van der Waals surface area (Å²) in [5.74, 6) is 6.59. The molecule has 17 rings (SSSR count). The van der Waals surface area contributed by atoms with Gasteiger partial charge >= 0.3 is 11.9 Å². The zero-order valence-electron chi connectivity index (χ0n) is 84.4. The Balaban J connectivity index is 0.000000175. The summed E-state index contributed by atoms with van der Waals surface area (Å²) < 4.78 is 66.1. The molecule has 0 aromatic heterocycles. The molecule has 0 aliphatic carbocycles. The maximum absolute atomic E-state index is 12.8. The highest BCUT2D eigenvalue weighted by molar-refractivity contribution is 6.27. The van der Waals surface area contributed by atoms with Crippen LogP contribution >= 0.6 is 0 Å². The number of benzene rings is 12. The average Bonchev–Trinajstić information content (AvgIpc) is 0.767. The van der Waals surface area contributed by atoms with Gasteiger partial charge in [0.05, 0.1) is 54.7 Å². The van der Waals surface area contributed by atoms with Crippen LogP contribution in [0.3, 0.4) is 0 Å². The van der Waals surface area contributed by atoms with Gasteiger partial charge in [0.15, 0.2) is 80.5 Å². The van der Waals surface area contributed by atoms with Gasteiger partial charge in [0.2, 0.25) is 6.20 Å². The summed E-state index contributed by atoms with van der Waals surface area (Å²) in [6.07, 6.45) is 12.5. The van der Waals surface area contributed by atoms with E-state index in [4.69, 9.17) is 87.5 Å². The van der Waals surface area contributed by atoms with Crippen LogP contribution in [-0.2, 0) is 77.9 Å². The SMILES string of the molecule is COc1cc2c(cc1O)CCN1CC(CC(C)C)C(=O)CC21.COc1cc2c(cc1OCc1ccccc1)CCN1CC(CC(C)C)C(=O)CC21.COc1cc2c(cc1OCc1ccccc1)CCN=C2.COc1ccc(/C=C/[N+](=O)[O-])cc1OCc1ccccc1.COc1ccc(C=O)cc1O.COc1ccc(C=O)cc1OCc1ccccc1.COc1ccc(CCN)cc1OCc1ccccc1.O=C(O)C(=O)O. The van der Waals surface area contributed by atoms with E-state index in [9.17, 15) is 34.4 Å². The van der Waals surface area contributed by atoms with Crippen LogP contribution in [-0.4, -0.2) is 166 Å². The third-order valence-electron chi connectivity index (χ3n) is 24.4. The maximum atomic E-state index is 12.8. The van der Waals surface area contributed by atoms with Crippen LogP contribution < -0.4 is 62.6 Å². The smallest absolute Gasteiger partial charge is 0.414 e. The van der Waals surface area contributed by atoms with Gasteiger partial charge in [0, 0.05) is 92.9 Å². The molecule has 0 saturated carbocycles. The Morgan fingerprint density at radius 3 is 1.14 bits per heavy atom. The molecule has 12 aromatic carbocycles. The molecule has 0 radical (unpaired) electrons.